The molecule has 2 aliphatic carbocycles. The summed E-state index contributed by atoms with van der Waals surface area (Å²) in [6.45, 7) is 3.90. The Morgan fingerprint density at radius 1 is 0.755 bits per heavy atom. The zero-order valence-corrected chi connectivity index (χ0v) is 55.9. The number of aromatic nitrogens is 4. The quantitative estimate of drug-likeness (QED) is 0.0465. The minimum Gasteiger partial charge on any atom is -0.504 e. The lowest BCUT2D eigenvalue weighted by molar-refractivity contribution is -0.147. The molecule has 0 radical (unpaired) electrons. The van der Waals surface area contributed by atoms with Crippen LogP contribution in [0.3, 0.4) is 0 Å². The highest BCUT2D eigenvalue weighted by Crippen LogP contribution is 2.39. The third kappa shape index (κ3) is 18.2. The van der Waals surface area contributed by atoms with Crippen molar-refractivity contribution in [1.29, 1.82) is 0 Å². The first-order valence-corrected chi connectivity index (χ1v) is 35.4. The van der Waals surface area contributed by atoms with Gasteiger partial charge >= 0.3 is 10.4 Å². The topological polar surface area (TPSA) is 481 Å². The Morgan fingerprint density at radius 2 is 1.42 bits per heavy atom. The monoisotopic (exact) mass is 1410 g/mol. The van der Waals surface area contributed by atoms with Gasteiger partial charge in [-0.2, -0.15) is 8.42 Å². The zero-order valence-electron chi connectivity index (χ0n) is 54.2. The second kappa shape index (κ2) is 32.1. The van der Waals surface area contributed by atoms with Crippen LogP contribution in [-0.4, -0.2) is 245 Å². The first-order valence-electron chi connectivity index (χ1n) is 33.2. The fraction of sp³-hybridized carbons (Fsp3) is 0.609. The van der Waals surface area contributed by atoms with Gasteiger partial charge in [0.2, 0.25) is 47.3 Å². The summed E-state index contributed by atoms with van der Waals surface area (Å²) in [5.41, 5.74) is 8.05. The number of piperidine rings is 1. The van der Waals surface area contributed by atoms with Gasteiger partial charge in [-0.15, -0.1) is 10.2 Å². The van der Waals surface area contributed by atoms with E-state index in [9.17, 15) is 82.3 Å². The summed E-state index contributed by atoms with van der Waals surface area (Å²) in [7, 11) is -5.22. The van der Waals surface area contributed by atoms with Crippen molar-refractivity contribution in [3.63, 3.8) is 0 Å². The molecule has 2 aromatic carbocycles. The lowest BCUT2D eigenvalue weighted by Crippen LogP contribution is -2.64. The van der Waals surface area contributed by atoms with Gasteiger partial charge in [-0.1, -0.05) is 55.0 Å². The number of phenolic OH excluding ortho intramolecular Hbond substituents is 1. The fourth-order valence-corrected chi connectivity index (χ4v) is 14.9. The van der Waals surface area contributed by atoms with Gasteiger partial charge in [0.15, 0.2) is 11.5 Å². The molecule has 6 fully saturated rings. The lowest BCUT2D eigenvalue weighted by atomic mass is 9.82. The first-order chi connectivity index (χ1) is 46.7. The maximum Gasteiger partial charge on any atom is 0.446 e. The maximum atomic E-state index is 14.7. The van der Waals surface area contributed by atoms with Gasteiger partial charge in [0.1, 0.15) is 40.2 Å². The van der Waals surface area contributed by atoms with Gasteiger partial charge in [-0.3, -0.25) is 38.1 Å². The second-order valence-corrected chi connectivity index (χ2v) is 28.8. The number of phenols is 1. The Labute approximate surface area is 569 Å². The van der Waals surface area contributed by atoms with Crippen molar-refractivity contribution in [3.05, 3.63) is 65.4 Å². The van der Waals surface area contributed by atoms with E-state index in [1.807, 2.05) is 36.7 Å². The molecule has 1 unspecified atom stereocenters. The molecule has 0 bridgehead atoms. The zero-order chi connectivity index (χ0) is 70.3. The van der Waals surface area contributed by atoms with Gasteiger partial charge in [0.05, 0.1) is 55.2 Å². The highest BCUT2D eigenvalue weighted by molar-refractivity contribution is 7.81. The van der Waals surface area contributed by atoms with Crippen molar-refractivity contribution in [3.8, 4) is 33.2 Å². The number of rotatable bonds is 19. The Bertz CT molecular complexity index is 3590. The number of aliphatic hydroxyl groups is 6. The highest BCUT2D eigenvalue weighted by atomic mass is 32.3. The van der Waals surface area contributed by atoms with Crippen molar-refractivity contribution in [2.45, 2.75) is 182 Å². The predicted octanol–water partition coefficient (Wildman–Crippen LogP) is -1.71. The third-order valence-corrected chi connectivity index (χ3v) is 20.9. The molecule has 2 aromatic heterocycles. The molecule has 6 heterocycles. The molecule has 534 valence electrons. The van der Waals surface area contributed by atoms with Crippen LogP contribution in [0.4, 0.5) is 5.95 Å². The summed E-state index contributed by atoms with van der Waals surface area (Å²) in [5, 5.41) is 102. The number of hydrogen-bond donors (Lipinski definition) is 14. The molecule has 34 heteroatoms. The van der Waals surface area contributed by atoms with Crippen molar-refractivity contribution >= 4 is 69.0 Å². The minimum atomic E-state index is -5.22. The average Bonchev–Trinajstić information content (AvgIpc) is 1.64. The van der Waals surface area contributed by atoms with Crippen LogP contribution in [0.2, 0.25) is 0 Å². The number of carbonyl (C=O) groups is 7. The standard InChI is InChI=1S/C64H87N13O19S2/c1-32-29-77-54(55(32)85)59(89)67-28-41(79)22-44(66-25-34-6-9-38(10-7-34)60-73-74-61(97-60)39-13-11-37(12-14-39)40-26-68-64(69-27-40)75-18-16-43(17-19-75)95-31-35-4-3-5-35)56(86)70-51(33(2)78)62(90)76-30-42(80)23-45(76)57(87)71-52(58(88)72-53(63(77)91)48(83)24-50(65)84)47(82)20-36-8-15-46(81)49(21-36)96-98(92,93)94/h8,11-15,21,26-27,32-35,38,41-45,47-48,51-55,66,78-83,85H,3-7,9-10,16-20,22-25,28-31H2,1-2H3,(H2,65,84)(H,67,89)(H,70,86)(H,71,87)(H,72,88)(H,92,93,94)/t32-,33+,34?,38?,41+,42+,44?,45-,47+,48+,51-,52-,53-,54-,55-/m0/s1. The average molecular weight is 1410 g/mol. The van der Waals surface area contributed by atoms with Gasteiger partial charge in [0, 0.05) is 87.5 Å². The number of nitrogens with two attached hydrogens (primary N) is 1. The van der Waals surface area contributed by atoms with Crippen molar-refractivity contribution < 1.29 is 91.2 Å². The van der Waals surface area contributed by atoms with Gasteiger partial charge in [0.25, 0.3) is 0 Å². The van der Waals surface area contributed by atoms with E-state index in [4.69, 9.17) is 20.4 Å². The summed E-state index contributed by atoms with van der Waals surface area (Å²) >= 11 is 1.51. The lowest BCUT2D eigenvalue weighted by Gasteiger charge is -2.34. The maximum absolute atomic E-state index is 14.7. The van der Waals surface area contributed by atoms with Crippen LogP contribution in [0.5, 0.6) is 11.5 Å². The molecule has 6 aliphatic rings. The Hall–Kier alpha value is -7.64. The third-order valence-electron chi connectivity index (χ3n) is 19.4. The smallest absolute Gasteiger partial charge is 0.446 e. The van der Waals surface area contributed by atoms with E-state index in [1.54, 1.807) is 0 Å². The largest absolute Gasteiger partial charge is 0.504 e. The minimum absolute atomic E-state index is 0.0206. The molecular formula is C64H87N13O19S2. The number of ether oxygens (including phenoxy) is 1. The number of aliphatic hydroxyl groups excluding tert-OH is 6. The van der Waals surface area contributed by atoms with E-state index >= 15 is 0 Å². The van der Waals surface area contributed by atoms with Crippen LogP contribution >= 0.6 is 11.3 Å². The number of carbonyl (C=O) groups excluding carboxylic acids is 7. The van der Waals surface area contributed by atoms with Crippen molar-refractivity contribution in [1.82, 2.24) is 56.5 Å². The van der Waals surface area contributed by atoms with Crippen LogP contribution < -0.4 is 41.4 Å². The number of benzene rings is 2. The normalized spacial score (nSPS) is 28.6. The Kier molecular flexibility index (Phi) is 24.0. The number of anilines is 1. The molecule has 2 saturated carbocycles. The number of nitrogens with zero attached hydrogens (tertiary/aromatic N) is 7. The summed E-state index contributed by atoms with van der Waals surface area (Å²) < 4.78 is 43.1. The molecule has 13 atom stereocenters. The fourth-order valence-electron chi connectivity index (χ4n) is 13.6. The number of aromatic hydroxyl groups is 1. The van der Waals surface area contributed by atoms with E-state index in [0.717, 1.165) is 106 Å². The van der Waals surface area contributed by atoms with Crippen molar-refractivity contribution in [2.75, 3.05) is 50.8 Å². The number of fused-ring (bicyclic) bond motifs is 2. The van der Waals surface area contributed by atoms with Gasteiger partial charge in [-0.25, -0.2) is 9.97 Å². The van der Waals surface area contributed by atoms with Gasteiger partial charge < -0.3 is 91.7 Å². The van der Waals surface area contributed by atoms with E-state index in [0.29, 0.717) is 18.8 Å². The molecule has 32 nitrogen and oxygen atoms in total. The molecule has 4 aliphatic heterocycles. The van der Waals surface area contributed by atoms with Crippen molar-refractivity contribution in [2.24, 2.45) is 23.5 Å². The van der Waals surface area contributed by atoms with E-state index in [2.05, 4.69) is 45.9 Å². The molecule has 0 spiro atoms. The number of nitrogens with one attached hydrogen (secondary N) is 5. The van der Waals surface area contributed by atoms with Crippen LogP contribution in [-0.2, 0) is 55.1 Å². The van der Waals surface area contributed by atoms with E-state index < -0.39 is 181 Å². The summed E-state index contributed by atoms with van der Waals surface area (Å²) in [5.74, 6) is -9.17. The molecule has 10 rings (SSSR count). The molecule has 98 heavy (non-hydrogen) atoms. The van der Waals surface area contributed by atoms with E-state index in [-0.39, 0.29) is 36.6 Å². The molecule has 4 aromatic rings. The first kappa shape index (κ1) is 73.1. The predicted molar refractivity (Wildman–Crippen MR) is 349 cm³/mol. The second-order valence-electron chi connectivity index (χ2n) is 26.7. The number of hydrogen-bond acceptors (Lipinski definition) is 25. The molecule has 15 N–H and O–H groups in total. The summed E-state index contributed by atoms with van der Waals surface area (Å²) in [6.07, 6.45) is -0.722. The summed E-state index contributed by atoms with van der Waals surface area (Å²) in [6, 6.07) is -0.249. The Balaban J connectivity index is 0.828. The Morgan fingerprint density at radius 3 is 2.07 bits per heavy atom. The molecule has 7 amide bonds. The van der Waals surface area contributed by atoms with Crippen LogP contribution in [0, 0.1) is 17.8 Å². The van der Waals surface area contributed by atoms with E-state index in [1.165, 1.54) is 44.4 Å². The molecule has 4 saturated heterocycles. The van der Waals surface area contributed by atoms with Crippen LogP contribution in [0.25, 0.3) is 21.7 Å². The van der Waals surface area contributed by atoms with Crippen LogP contribution in [0.1, 0.15) is 107 Å². The molecular weight excluding hydrogens is 1320 g/mol. The summed E-state index contributed by atoms with van der Waals surface area (Å²) in [4.78, 5) is 113. The number of primary amides is 1. The highest BCUT2D eigenvalue weighted by Gasteiger charge is 2.50. The van der Waals surface area contributed by atoms with Gasteiger partial charge in [-0.05, 0) is 106 Å². The van der Waals surface area contributed by atoms with Crippen LogP contribution in [0.15, 0.2) is 54.9 Å². The number of β-amino-alcohol motifs (C(OH)–C–C–N with tert-alkyl or cyclic N) is 1. The SMILES string of the molecule is C[C@@H](O)[C@@H]1NC(=O)C(NCC2CCC(c3nnc(-c4ccc(-c5cnc(N6CCC(OCC7CCC7)CC6)nc5)cc4)s3)CC2)C[C@@H](O)CNC(=O)[C@@H]2[C@@H](O)[C@@H](C)CN2C(=O)[C@H]([C@H](O)CC(N)=O)NC(=O)[C@H]([C@H](O)Cc2ccc(O)c(OS(=O)(=O)O)c2)NC(=O)[C@@H]2C[C@@H](O)CN2C1=O. The number of amides is 7.